The van der Waals surface area contributed by atoms with Crippen molar-refractivity contribution in [3.05, 3.63) is 59.9 Å². The Morgan fingerprint density at radius 2 is 1.83 bits per heavy atom. The van der Waals surface area contributed by atoms with Crippen LogP contribution in [0.4, 0.5) is 4.39 Å². The van der Waals surface area contributed by atoms with E-state index in [-0.39, 0.29) is 12.4 Å². The SMILES string of the molecule is OB(O)c1cccc(OCc2ccccc2F)c1. The second-order valence-electron chi connectivity index (χ2n) is 3.83. The van der Waals surface area contributed by atoms with Crippen LogP contribution in [0.15, 0.2) is 48.5 Å². The number of benzene rings is 2. The maximum absolute atomic E-state index is 13.3. The minimum Gasteiger partial charge on any atom is -0.489 e. The first kappa shape index (κ1) is 12.6. The predicted molar refractivity (Wildman–Crippen MR) is 67.0 cm³/mol. The van der Waals surface area contributed by atoms with E-state index < -0.39 is 7.12 Å². The van der Waals surface area contributed by atoms with E-state index in [4.69, 9.17) is 14.8 Å². The number of rotatable bonds is 4. The topological polar surface area (TPSA) is 49.7 Å². The molecule has 0 bridgehead atoms. The number of hydrogen-bond acceptors (Lipinski definition) is 3. The fourth-order valence-electron chi connectivity index (χ4n) is 1.54. The molecule has 2 aromatic rings. The minimum atomic E-state index is -1.54. The van der Waals surface area contributed by atoms with Crippen LogP contribution in [0.1, 0.15) is 5.56 Å². The summed E-state index contributed by atoms with van der Waals surface area (Å²) in [7, 11) is -1.54. The lowest BCUT2D eigenvalue weighted by molar-refractivity contribution is 0.300. The highest BCUT2D eigenvalue weighted by Gasteiger charge is 2.11. The molecule has 3 nitrogen and oxygen atoms in total. The maximum atomic E-state index is 13.3. The van der Waals surface area contributed by atoms with Gasteiger partial charge in [0.05, 0.1) is 0 Å². The van der Waals surface area contributed by atoms with Gasteiger partial charge in [0.2, 0.25) is 0 Å². The second kappa shape index (κ2) is 5.66. The molecule has 0 unspecified atom stereocenters. The van der Waals surface area contributed by atoms with E-state index in [9.17, 15) is 4.39 Å². The first-order valence-corrected chi connectivity index (χ1v) is 5.49. The highest BCUT2D eigenvalue weighted by atomic mass is 19.1. The van der Waals surface area contributed by atoms with Crippen molar-refractivity contribution in [2.45, 2.75) is 6.61 Å². The maximum Gasteiger partial charge on any atom is 0.488 e. The average molecular weight is 246 g/mol. The first-order valence-electron chi connectivity index (χ1n) is 5.49. The monoisotopic (exact) mass is 246 g/mol. The summed E-state index contributed by atoms with van der Waals surface area (Å²) < 4.78 is 18.7. The van der Waals surface area contributed by atoms with Gasteiger partial charge in [-0.15, -0.1) is 0 Å². The Bertz CT molecular complexity index is 531. The molecule has 0 aliphatic rings. The molecule has 5 heteroatoms. The molecule has 2 N–H and O–H groups in total. The molecule has 0 heterocycles. The van der Waals surface area contributed by atoms with Crippen LogP contribution in [0.25, 0.3) is 0 Å². The fourth-order valence-corrected chi connectivity index (χ4v) is 1.54. The molecule has 0 fully saturated rings. The highest BCUT2D eigenvalue weighted by Crippen LogP contribution is 2.13. The molecule has 92 valence electrons. The van der Waals surface area contributed by atoms with E-state index in [1.54, 1.807) is 36.4 Å². The zero-order valence-corrected chi connectivity index (χ0v) is 9.58. The number of hydrogen-bond donors (Lipinski definition) is 2. The Balaban J connectivity index is 2.07. The first-order chi connectivity index (χ1) is 8.66. The van der Waals surface area contributed by atoms with Crippen molar-refractivity contribution in [2.24, 2.45) is 0 Å². The molecule has 0 atom stereocenters. The summed E-state index contributed by atoms with van der Waals surface area (Å²) in [6.45, 7) is 0.0949. The lowest BCUT2D eigenvalue weighted by atomic mass is 9.80. The van der Waals surface area contributed by atoms with E-state index in [0.717, 1.165) is 0 Å². The van der Waals surface area contributed by atoms with Gasteiger partial charge in [-0.1, -0.05) is 30.3 Å². The van der Waals surface area contributed by atoms with Crippen LogP contribution in [-0.2, 0) is 6.61 Å². The van der Waals surface area contributed by atoms with Gasteiger partial charge in [0.25, 0.3) is 0 Å². The van der Waals surface area contributed by atoms with Crippen molar-refractivity contribution in [3.63, 3.8) is 0 Å². The molecule has 2 aromatic carbocycles. The zero-order chi connectivity index (χ0) is 13.0. The van der Waals surface area contributed by atoms with Crippen LogP contribution in [0, 0.1) is 5.82 Å². The summed E-state index contributed by atoms with van der Waals surface area (Å²) in [6, 6.07) is 12.7. The molecule has 18 heavy (non-hydrogen) atoms. The molecule has 0 aromatic heterocycles. The second-order valence-corrected chi connectivity index (χ2v) is 3.83. The van der Waals surface area contributed by atoms with E-state index in [1.165, 1.54) is 12.1 Å². The Morgan fingerprint density at radius 3 is 2.56 bits per heavy atom. The Hall–Kier alpha value is -1.85. The quantitative estimate of drug-likeness (QED) is 0.794. The fraction of sp³-hybridized carbons (Fsp3) is 0.0769. The highest BCUT2D eigenvalue weighted by molar-refractivity contribution is 6.58. The summed E-state index contributed by atoms with van der Waals surface area (Å²) in [5.41, 5.74) is 0.786. The largest absolute Gasteiger partial charge is 0.489 e. The molecule has 0 spiro atoms. The smallest absolute Gasteiger partial charge is 0.488 e. The third kappa shape index (κ3) is 3.09. The summed E-state index contributed by atoms with van der Waals surface area (Å²) in [6.07, 6.45) is 0. The Labute approximate surface area is 105 Å². The molecular weight excluding hydrogens is 234 g/mol. The van der Waals surface area contributed by atoms with Gasteiger partial charge in [-0.2, -0.15) is 0 Å². The zero-order valence-electron chi connectivity index (χ0n) is 9.58. The molecule has 0 amide bonds. The van der Waals surface area contributed by atoms with E-state index in [0.29, 0.717) is 16.8 Å². The van der Waals surface area contributed by atoms with Crippen molar-refractivity contribution in [3.8, 4) is 5.75 Å². The van der Waals surface area contributed by atoms with Crippen LogP contribution in [0.5, 0.6) is 5.75 Å². The third-order valence-corrected chi connectivity index (χ3v) is 2.51. The van der Waals surface area contributed by atoms with Gasteiger partial charge in [-0.25, -0.2) is 4.39 Å². The van der Waals surface area contributed by atoms with Gasteiger partial charge in [0, 0.05) is 5.56 Å². The van der Waals surface area contributed by atoms with Crippen molar-refractivity contribution in [1.29, 1.82) is 0 Å². The third-order valence-electron chi connectivity index (χ3n) is 2.51. The van der Waals surface area contributed by atoms with Crippen molar-refractivity contribution in [1.82, 2.24) is 0 Å². The van der Waals surface area contributed by atoms with Crippen LogP contribution < -0.4 is 10.2 Å². The Morgan fingerprint density at radius 1 is 1.06 bits per heavy atom. The summed E-state index contributed by atoms with van der Waals surface area (Å²) in [5.74, 6) is 0.139. The van der Waals surface area contributed by atoms with Gasteiger partial charge in [0.1, 0.15) is 18.2 Å². The molecule has 0 saturated carbocycles. The Kier molecular flexibility index (Phi) is 3.97. The average Bonchev–Trinajstić information content (AvgIpc) is 2.38. The minimum absolute atomic E-state index is 0.0949. The van der Waals surface area contributed by atoms with Crippen molar-refractivity contribution < 1.29 is 19.2 Å². The number of ether oxygens (including phenoxy) is 1. The van der Waals surface area contributed by atoms with Crippen LogP contribution in [-0.4, -0.2) is 17.2 Å². The standard InChI is InChI=1S/C13H12BFO3/c15-13-7-2-1-4-10(13)9-18-12-6-3-5-11(8-12)14(16)17/h1-8,16-17H,9H2. The van der Waals surface area contributed by atoms with E-state index in [1.807, 2.05) is 0 Å². The van der Waals surface area contributed by atoms with Crippen LogP contribution in [0.3, 0.4) is 0 Å². The lowest BCUT2D eigenvalue weighted by Gasteiger charge is -2.08. The molecule has 0 aliphatic carbocycles. The summed E-state index contributed by atoms with van der Waals surface area (Å²) in [4.78, 5) is 0. The molecule has 0 radical (unpaired) electrons. The predicted octanol–water partition coefficient (Wildman–Crippen LogP) is 1.08. The van der Waals surface area contributed by atoms with Crippen LogP contribution in [0.2, 0.25) is 0 Å². The van der Waals surface area contributed by atoms with Crippen molar-refractivity contribution in [2.75, 3.05) is 0 Å². The molecule has 0 saturated heterocycles. The molecular formula is C13H12BFO3. The van der Waals surface area contributed by atoms with Gasteiger partial charge >= 0.3 is 7.12 Å². The van der Waals surface area contributed by atoms with E-state index in [2.05, 4.69) is 0 Å². The normalized spacial score (nSPS) is 10.2. The molecule has 2 rings (SSSR count). The summed E-state index contributed by atoms with van der Waals surface area (Å²) in [5, 5.41) is 18.0. The van der Waals surface area contributed by atoms with Crippen LogP contribution >= 0.6 is 0 Å². The lowest BCUT2D eigenvalue weighted by Crippen LogP contribution is -2.29. The van der Waals surface area contributed by atoms with Gasteiger partial charge in [-0.05, 0) is 23.7 Å². The van der Waals surface area contributed by atoms with Gasteiger partial charge < -0.3 is 14.8 Å². The summed E-state index contributed by atoms with van der Waals surface area (Å²) >= 11 is 0. The van der Waals surface area contributed by atoms with Gasteiger partial charge in [0.15, 0.2) is 0 Å². The van der Waals surface area contributed by atoms with Crippen molar-refractivity contribution >= 4 is 12.6 Å². The van der Waals surface area contributed by atoms with Gasteiger partial charge in [-0.3, -0.25) is 0 Å². The number of halogens is 1. The van der Waals surface area contributed by atoms with E-state index >= 15 is 0 Å². The molecule has 0 aliphatic heterocycles.